The van der Waals surface area contributed by atoms with Crippen LogP contribution in [-0.2, 0) is 10.2 Å². The highest BCUT2D eigenvalue weighted by molar-refractivity contribution is 5.90. The fourth-order valence-electron chi connectivity index (χ4n) is 3.50. The molecule has 1 saturated carbocycles. The number of nitrogens with one attached hydrogen (secondary N) is 1. The van der Waals surface area contributed by atoms with E-state index in [0.717, 1.165) is 12.0 Å². The molecule has 0 aliphatic heterocycles. The Morgan fingerprint density at radius 2 is 2.26 bits per heavy atom. The fourth-order valence-corrected chi connectivity index (χ4v) is 3.50. The molecule has 3 aromatic rings. The summed E-state index contributed by atoms with van der Waals surface area (Å²) in [5.74, 6) is -1.32. The lowest BCUT2D eigenvalue weighted by Gasteiger charge is -2.46. The van der Waals surface area contributed by atoms with Crippen LogP contribution in [-0.4, -0.2) is 26.1 Å². The van der Waals surface area contributed by atoms with Gasteiger partial charge in [0, 0.05) is 18.3 Å². The lowest BCUT2D eigenvalue weighted by molar-refractivity contribution is -0.128. The highest BCUT2D eigenvalue weighted by atomic mass is 19.1. The number of nitrogens with two attached hydrogens (primary N) is 1. The molecule has 2 unspecified atom stereocenters. The van der Waals surface area contributed by atoms with E-state index in [0.29, 0.717) is 17.3 Å². The topological polar surface area (TPSA) is 97.6 Å². The first-order valence-electron chi connectivity index (χ1n) is 7.32. The maximum absolute atomic E-state index is 14.9. The normalized spacial score (nSPS) is 23.6. The van der Waals surface area contributed by atoms with E-state index in [2.05, 4.69) is 20.2 Å². The van der Waals surface area contributed by atoms with E-state index >= 15 is 0 Å². The van der Waals surface area contributed by atoms with Gasteiger partial charge in [0.2, 0.25) is 5.91 Å². The van der Waals surface area contributed by atoms with Gasteiger partial charge in [-0.1, -0.05) is 6.07 Å². The zero-order chi connectivity index (χ0) is 16.0. The van der Waals surface area contributed by atoms with Crippen LogP contribution in [0.1, 0.15) is 30.0 Å². The van der Waals surface area contributed by atoms with Crippen molar-refractivity contribution in [3.05, 3.63) is 54.0 Å². The number of halogens is 1. The summed E-state index contributed by atoms with van der Waals surface area (Å²) in [5, 5.41) is 6.80. The minimum atomic E-state index is -1.14. The van der Waals surface area contributed by atoms with Crippen LogP contribution in [0, 0.1) is 5.82 Å². The number of primary amides is 1. The molecule has 0 radical (unpaired) electrons. The van der Waals surface area contributed by atoms with Gasteiger partial charge in [0.1, 0.15) is 5.41 Å². The third-order valence-electron chi connectivity index (χ3n) is 4.81. The molecular weight excluding hydrogens is 297 g/mol. The van der Waals surface area contributed by atoms with E-state index in [4.69, 9.17) is 5.73 Å². The molecule has 1 fully saturated rings. The molecular formula is C16H14FN5O. The number of amides is 1. The molecule has 6 nitrogen and oxygen atoms in total. The SMILES string of the molecule is NC(=O)C1(c2ncc3[nH]ncc3c2F)CCC1c1cccnc1. The average molecular weight is 311 g/mol. The maximum atomic E-state index is 14.9. The summed E-state index contributed by atoms with van der Waals surface area (Å²) in [4.78, 5) is 20.6. The van der Waals surface area contributed by atoms with Gasteiger partial charge in [-0.2, -0.15) is 5.10 Å². The van der Waals surface area contributed by atoms with Gasteiger partial charge in [-0.25, -0.2) is 4.39 Å². The van der Waals surface area contributed by atoms with Gasteiger partial charge in [0.15, 0.2) is 5.82 Å². The molecule has 0 aromatic carbocycles. The zero-order valence-corrected chi connectivity index (χ0v) is 12.2. The van der Waals surface area contributed by atoms with Crippen molar-refractivity contribution in [3.8, 4) is 0 Å². The van der Waals surface area contributed by atoms with E-state index in [1.807, 2.05) is 6.07 Å². The van der Waals surface area contributed by atoms with Crippen molar-refractivity contribution in [2.75, 3.05) is 0 Å². The monoisotopic (exact) mass is 311 g/mol. The smallest absolute Gasteiger partial charge is 0.230 e. The van der Waals surface area contributed by atoms with Crippen LogP contribution >= 0.6 is 0 Å². The van der Waals surface area contributed by atoms with Crippen molar-refractivity contribution in [2.24, 2.45) is 5.73 Å². The third kappa shape index (κ3) is 1.79. The number of H-pyrrole nitrogens is 1. The van der Waals surface area contributed by atoms with Crippen molar-refractivity contribution >= 4 is 16.8 Å². The van der Waals surface area contributed by atoms with Gasteiger partial charge in [0.25, 0.3) is 0 Å². The first-order valence-corrected chi connectivity index (χ1v) is 7.32. The molecule has 1 aliphatic carbocycles. The number of carbonyl (C=O) groups is 1. The van der Waals surface area contributed by atoms with Crippen LogP contribution < -0.4 is 5.73 Å². The van der Waals surface area contributed by atoms with Gasteiger partial charge in [-0.3, -0.25) is 19.9 Å². The van der Waals surface area contributed by atoms with Crippen molar-refractivity contribution in [3.63, 3.8) is 0 Å². The van der Waals surface area contributed by atoms with E-state index < -0.39 is 17.1 Å². The molecule has 0 spiro atoms. The number of pyridine rings is 2. The summed E-state index contributed by atoms with van der Waals surface area (Å²) in [5.41, 5.74) is 6.00. The fraction of sp³-hybridized carbons (Fsp3) is 0.250. The number of hydrogen-bond acceptors (Lipinski definition) is 4. The summed E-state index contributed by atoms with van der Waals surface area (Å²) < 4.78 is 14.9. The average Bonchev–Trinajstić information content (AvgIpc) is 2.99. The minimum Gasteiger partial charge on any atom is -0.369 e. The van der Waals surface area contributed by atoms with Crippen LogP contribution in [0.15, 0.2) is 36.9 Å². The van der Waals surface area contributed by atoms with Gasteiger partial charge < -0.3 is 5.73 Å². The van der Waals surface area contributed by atoms with Crippen molar-refractivity contribution in [1.82, 2.24) is 20.2 Å². The standard InChI is InChI=1S/C16H14FN5O/c17-13-10-7-21-22-12(10)8-20-14(13)16(15(18)23)4-3-11(16)9-2-1-5-19-6-9/h1-2,5-8,11H,3-4H2,(H2,18,23)(H,21,22). The predicted molar refractivity (Wildman–Crippen MR) is 80.9 cm³/mol. The van der Waals surface area contributed by atoms with Gasteiger partial charge >= 0.3 is 0 Å². The molecule has 3 heterocycles. The molecule has 3 N–H and O–H groups in total. The lowest BCUT2D eigenvalue weighted by Crippen LogP contribution is -2.53. The summed E-state index contributed by atoms with van der Waals surface area (Å²) >= 11 is 0. The molecule has 23 heavy (non-hydrogen) atoms. The number of carbonyl (C=O) groups excluding carboxylic acids is 1. The third-order valence-corrected chi connectivity index (χ3v) is 4.81. The first kappa shape index (κ1) is 13.8. The largest absolute Gasteiger partial charge is 0.369 e. The first-order chi connectivity index (χ1) is 11.1. The lowest BCUT2D eigenvalue weighted by atomic mass is 9.55. The van der Waals surface area contributed by atoms with Crippen LogP contribution in [0.25, 0.3) is 10.9 Å². The summed E-state index contributed by atoms with van der Waals surface area (Å²) in [7, 11) is 0. The Labute approximate surface area is 130 Å². The molecule has 0 saturated heterocycles. The van der Waals surface area contributed by atoms with Crippen LogP contribution in [0.4, 0.5) is 4.39 Å². The van der Waals surface area contributed by atoms with Crippen molar-refractivity contribution in [2.45, 2.75) is 24.2 Å². The Morgan fingerprint density at radius 1 is 1.39 bits per heavy atom. The number of hydrogen-bond donors (Lipinski definition) is 2. The molecule has 2 atom stereocenters. The Balaban J connectivity index is 1.90. The van der Waals surface area contributed by atoms with Crippen LogP contribution in [0.2, 0.25) is 0 Å². The number of aromatic nitrogens is 4. The molecule has 1 aliphatic rings. The molecule has 116 valence electrons. The van der Waals surface area contributed by atoms with E-state index in [9.17, 15) is 9.18 Å². The van der Waals surface area contributed by atoms with Crippen molar-refractivity contribution in [1.29, 1.82) is 0 Å². The summed E-state index contributed by atoms with van der Waals surface area (Å²) in [6, 6.07) is 3.67. The van der Waals surface area contributed by atoms with E-state index in [1.165, 1.54) is 12.4 Å². The van der Waals surface area contributed by atoms with Crippen LogP contribution in [0.3, 0.4) is 0 Å². The number of rotatable bonds is 3. The highest BCUT2D eigenvalue weighted by Gasteiger charge is 2.56. The Kier molecular flexibility index (Phi) is 2.90. The quantitative estimate of drug-likeness (QED) is 0.770. The molecule has 3 aromatic heterocycles. The zero-order valence-electron chi connectivity index (χ0n) is 12.2. The second-order valence-corrected chi connectivity index (χ2v) is 5.83. The number of nitrogens with zero attached hydrogens (tertiary/aromatic N) is 3. The number of aromatic amines is 1. The maximum Gasteiger partial charge on any atom is 0.230 e. The minimum absolute atomic E-state index is 0.0963. The second-order valence-electron chi connectivity index (χ2n) is 5.83. The summed E-state index contributed by atoms with van der Waals surface area (Å²) in [6.45, 7) is 0. The van der Waals surface area contributed by atoms with Gasteiger partial charge in [-0.15, -0.1) is 0 Å². The van der Waals surface area contributed by atoms with Gasteiger partial charge in [0.05, 0.1) is 29.0 Å². The Bertz CT molecular complexity index is 894. The van der Waals surface area contributed by atoms with E-state index in [-0.39, 0.29) is 11.6 Å². The molecule has 1 amide bonds. The number of fused-ring (bicyclic) bond motifs is 1. The van der Waals surface area contributed by atoms with E-state index in [1.54, 1.807) is 18.5 Å². The van der Waals surface area contributed by atoms with Crippen LogP contribution in [0.5, 0.6) is 0 Å². The molecule has 0 bridgehead atoms. The molecule has 7 heteroatoms. The Morgan fingerprint density at radius 3 is 2.91 bits per heavy atom. The second kappa shape index (κ2) is 4.84. The van der Waals surface area contributed by atoms with Gasteiger partial charge in [-0.05, 0) is 24.5 Å². The van der Waals surface area contributed by atoms with Crippen molar-refractivity contribution < 1.29 is 9.18 Å². The predicted octanol–water partition coefficient (Wildman–Crippen LogP) is 1.79. The summed E-state index contributed by atoms with van der Waals surface area (Å²) in [6.07, 6.45) is 7.43. The highest BCUT2D eigenvalue weighted by Crippen LogP contribution is 2.54. The molecule has 4 rings (SSSR count). The Hall–Kier alpha value is -2.83.